The Kier molecular flexibility index (Phi) is 5.60. The maximum absolute atomic E-state index is 12.5. The molecule has 0 radical (unpaired) electrons. The summed E-state index contributed by atoms with van der Waals surface area (Å²) in [6, 6.07) is 17.4. The van der Waals surface area contributed by atoms with Crippen molar-refractivity contribution in [2.24, 2.45) is 0 Å². The number of anilines is 1. The van der Waals surface area contributed by atoms with Gasteiger partial charge in [-0.3, -0.25) is 9.59 Å². The molecule has 3 N–H and O–H groups in total. The number of aliphatic carboxylic acids is 1. The fourth-order valence-electron chi connectivity index (χ4n) is 3.07. The summed E-state index contributed by atoms with van der Waals surface area (Å²) >= 11 is 6.19. The number of aromatic amines is 1. The highest BCUT2D eigenvalue weighted by atomic mass is 35.5. The summed E-state index contributed by atoms with van der Waals surface area (Å²) in [6.07, 6.45) is -0.112. The van der Waals surface area contributed by atoms with Gasteiger partial charge >= 0.3 is 5.97 Å². The van der Waals surface area contributed by atoms with Crippen molar-refractivity contribution < 1.29 is 19.4 Å². The quantitative estimate of drug-likeness (QED) is 0.386. The summed E-state index contributed by atoms with van der Waals surface area (Å²) in [5.41, 5.74) is 3.78. The standard InChI is InChI=1S/C23H18ClN3O4/c1-13-2-8-18-19(10-13)27-22(26-18)23(30)25-15-4-6-16(7-5-15)31-20-9-3-14(11-17(20)24)12-21(28)29/h2-11H,12H2,1H3,(H,25,30)(H,26,27)(H,28,29). The molecule has 8 heteroatoms. The number of rotatable bonds is 6. The molecule has 3 aromatic carbocycles. The van der Waals surface area contributed by atoms with Crippen molar-refractivity contribution in [1.29, 1.82) is 0 Å². The monoisotopic (exact) mass is 435 g/mol. The van der Waals surface area contributed by atoms with E-state index in [0.29, 0.717) is 27.8 Å². The molecule has 4 aromatic rings. The number of carboxylic acids is 1. The number of halogens is 1. The Morgan fingerprint density at radius 2 is 1.87 bits per heavy atom. The maximum atomic E-state index is 12.5. The lowest BCUT2D eigenvalue weighted by Crippen LogP contribution is -2.13. The first-order valence-corrected chi connectivity index (χ1v) is 9.81. The van der Waals surface area contributed by atoms with E-state index in [2.05, 4.69) is 15.3 Å². The summed E-state index contributed by atoms with van der Waals surface area (Å²) < 4.78 is 5.75. The van der Waals surface area contributed by atoms with Crippen molar-refractivity contribution in [2.75, 3.05) is 5.32 Å². The Balaban J connectivity index is 1.43. The average Bonchev–Trinajstić information content (AvgIpc) is 3.14. The van der Waals surface area contributed by atoms with Crippen LogP contribution in [0.25, 0.3) is 11.0 Å². The van der Waals surface area contributed by atoms with E-state index in [0.717, 1.165) is 16.6 Å². The second-order valence-corrected chi connectivity index (χ2v) is 7.43. The SMILES string of the molecule is Cc1ccc2nc(C(=O)Nc3ccc(Oc4ccc(CC(=O)O)cc4Cl)cc3)[nH]c2c1. The van der Waals surface area contributed by atoms with E-state index in [-0.39, 0.29) is 18.2 Å². The molecule has 0 saturated carbocycles. The molecule has 0 atom stereocenters. The van der Waals surface area contributed by atoms with Gasteiger partial charge < -0.3 is 20.1 Å². The molecule has 0 aliphatic rings. The van der Waals surface area contributed by atoms with Gasteiger partial charge in [-0.05, 0) is 66.6 Å². The zero-order chi connectivity index (χ0) is 22.0. The zero-order valence-corrected chi connectivity index (χ0v) is 17.2. The third kappa shape index (κ3) is 4.84. The lowest BCUT2D eigenvalue weighted by molar-refractivity contribution is -0.136. The number of fused-ring (bicyclic) bond motifs is 1. The van der Waals surface area contributed by atoms with Gasteiger partial charge in [0.25, 0.3) is 5.91 Å². The molecule has 7 nitrogen and oxygen atoms in total. The smallest absolute Gasteiger partial charge is 0.307 e. The molecule has 0 aliphatic heterocycles. The van der Waals surface area contributed by atoms with Crippen LogP contribution in [0.3, 0.4) is 0 Å². The molecule has 0 fully saturated rings. The number of aryl methyl sites for hydroxylation is 1. The van der Waals surface area contributed by atoms with Crippen LogP contribution in [0.15, 0.2) is 60.7 Å². The molecule has 0 unspecified atom stereocenters. The van der Waals surface area contributed by atoms with Gasteiger partial charge in [-0.25, -0.2) is 4.98 Å². The van der Waals surface area contributed by atoms with Gasteiger partial charge in [-0.1, -0.05) is 23.7 Å². The third-order valence-electron chi connectivity index (χ3n) is 4.54. The Morgan fingerprint density at radius 1 is 1.10 bits per heavy atom. The number of nitrogens with one attached hydrogen (secondary N) is 2. The number of benzene rings is 3. The van der Waals surface area contributed by atoms with Crippen molar-refractivity contribution in [3.05, 3.63) is 82.6 Å². The number of H-pyrrole nitrogens is 1. The van der Waals surface area contributed by atoms with E-state index in [1.54, 1.807) is 42.5 Å². The van der Waals surface area contributed by atoms with Crippen LogP contribution in [0.2, 0.25) is 5.02 Å². The molecule has 1 amide bonds. The summed E-state index contributed by atoms with van der Waals surface area (Å²) in [5, 5.41) is 12.0. The fourth-order valence-corrected chi connectivity index (χ4v) is 3.31. The van der Waals surface area contributed by atoms with Crippen LogP contribution in [0.4, 0.5) is 5.69 Å². The van der Waals surface area contributed by atoms with Crippen molar-refractivity contribution in [3.63, 3.8) is 0 Å². The molecule has 0 bridgehead atoms. The minimum atomic E-state index is -0.930. The molecular formula is C23H18ClN3O4. The minimum absolute atomic E-state index is 0.112. The maximum Gasteiger partial charge on any atom is 0.307 e. The number of nitrogens with zero attached hydrogens (tertiary/aromatic N) is 1. The third-order valence-corrected chi connectivity index (χ3v) is 4.84. The van der Waals surface area contributed by atoms with Crippen molar-refractivity contribution in [2.45, 2.75) is 13.3 Å². The molecule has 0 spiro atoms. The van der Waals surface area contributed by atoms with E-state index < -0.39 is 5.97 Å². The Morgan fingerprint density at radius 3 is 2.58 bits per heavy atom. The Labute approximate surface area is 182 Å². The van der Waals surface area contributed by atoms with Crippen LogP contribution < -0.4 is 10.1 Å². The molecule has 0 aliphatic carbocycles. The molecule has 4 rings (SSSR count). The van der Waals surface area contributed by atoms with Crippen LogP contribution in [-0.2, 0) is 11.2 Å². The summed E-state index contributed by atoms with van der Waals surface area (Å²) in [6.45, 7) is 1.97. The van der Waals surface area contributed by atoms with Gasteiger partial charge in [0.05, 0.1) is 22.5 Å². The second-order valence-electron chi connectivity index (χ2n) is 7.02. The topological polar surface area (TPSA) is 104 Å². The van der Waals surface area contributed by atoms with Crippen LogP contribution >= 0.6 is 11.6 Å². The number of ether oxygens (including phenoxy) is 1. The molecule has 0 saturated heterocycles. The van der Waals surface area contributed by atoms with Gasteiger partial charge in [0.2, 0.25) is 0 Å². The largest absolute Gasteiger partial charge is 0.481 e. The highest BCUT2D eigenvalue weighted by Gasteiger charge is 2.12. The normalized spacial score (nSPS) is 10.8. The van der Waals surface area contributed by atoms with E-state index in [9.17, 15) is 9.59 Å². The van der Waals surface area contributed by atoms with Crippen molar-refractivity contribution in [3.8, 4) is 11.5 Å². The number of imidazole rings is 1. The van der Waals surface area contributed by atoms with Crippen molar-refractivity contribution >= 4 is 40.2 Å². The minimum Gasteiger partial charge on any atom is -0.481 e. The first-order chi connectivity index (χ1) is 14.9. The lowest BCUT2D eigenvalue weighted by atomic mass is 10.1. The Hall–Kier alpha value is -3.84. The second kappa shape index (κ2) is 8.49. The summed E-state index contributed by atoms with van der Waals surface area (Å²) in [4.78, 5) is 30.6. The van der Waals surface area contributed by atoms with E-state index in [1.807, 2.05) is 25.1 Å². The Bertz CT molecular complexity index is 1280. The number of amides is 1. The molecular weight excluding hydrogens is 418 g/mol. The average molecular weight is 436 g/mol. The lowest BCUT2D eigenvalue weighted by Gasteiger charge is -2.10. The predicted molar refractivity (Wildman–Crippen MR) is 118 cm³/mol. The summed E-state index contributed by atoms with van der Waals surface area (Å²) in [7, 11) is 0. The van der Waals surface area contributed by atoms with Gasteiger partial charge in [-0.15, -0.1) is 0 Å². The van der Waals surface area contributed by atoms with E-state index in [1.165, 1.54) is 0 Å². The highest BCUT2D eigenvalue weighted by Crippen LogP contribution is 2.31. The highest BCUT2D eigenvalue weighted by molar-refractivity contribution is 6.32. The fraction of sp³-hybridized carbons (Fsp3) is 0.0870. The van der Waals surface area contributed by atoms with Gasteiger partial charge in [0, 0.05) is 5.69 Å². The van der Waals surface area contributed by atoms with Crippen LogP contribution in [0, 0.1) is 6.92 Å². The van der Waals surface area contributed by atoms with Gasteiger partial charge in [0.15, 0.2) is 5.82 Å². The molecule has 31 heavy (non-hydrogen) atoms. The predicted octanol–water partition coefficient (Wildman–Crippen LogP) is 5.20. The van der Waals surface area contributed by atoms with Gasteiger partial charge in [0.1, 0.15) is 11.5 Å². The van der Waals surface area contributed by atoms with Gasteiger partial charge in [-0.2, -0.15) is 0 Å². The molecule has 1 heterocycles. The summed E-state index contributed by atoms with van der Waals surface area (Å²) in [5.74, 6) is -0.121. The number of carbonyl (C=O) groups excluding carboxylic acids is 1. The number of carbonyl (C=O) groups is 2. The van der Waals surface area contributed by atoms with Crippen LogP contribution in [0.5, 0.6) is 11.5 Å². The number of hydrogen-bond donors (Lipinski definition) is 3. The first-order valence-electron chi connectivity index (χ1n) is 9.43. The molecule has 156 valence electrons. The number of hydrogen-bond acceptors (Lipinski definition) is 4. The van der Waals surface area contributed by atoms with E-state index >= 15 is 0 Å². The zero-order valence-electron chi connectivity index (χ0n) is 16.5. The van der Waals surface area contributed by atoms with Crippen molar-refractivity contribution in [1.82, 2.24) is 9.97 Å². The molecule has 1 aromatic heterocycles. The van der Waals surface area contributed by atoms with Crippen LogP contribution in [-0.4, -0.2) is 27.0 Å². The number of carboxylic acid groups (broad SMARTS) is 1. The van der Waals surface area contributed by atoms with E-state index in [4.69, 9.17) is 21.4 Å². The number of aromatic nitrogens is 2. The first kappa shape index (κ1) is 20.4. The van der Waals surface area contributed by atoms with Crippen LogP contribution in [0.1, 0.15) is 21.7 Å².